The average molecular weight is 416 g/mol. The van der Waals surface area contributed by atoms with Crippen LogP contribution in [0.1, 0.15) is 31.7 Å². The first-order chi connectivity index (χ1) is 13.5. The summed E-state index contributed by atoms with van der Waals surface area (Å²) >= 11 is 11.0. The van der Waals surface area contributed by atoms with Gasteiger partial charge < -0.3 is 10.6 Å². The summed E-state index contributed by atoms with van der Waals surface area (Å²) in [6.07, 6.45) is 5.36. The highest BCUT2D eigenvalue weighted by atomic mass is 35.5. The van der Waals surface area contributed by atoms with Crippen LogP contribution in [0.3, 0.4) is 0 Å². The summed E-state index contributed by atoms with van der Waals surface area (Å²) in [5, 5.41) is 9.16. The Morgan fingerprint density at radius 1 is 1.07 bits per heavy atom. The molecule has 0 unspecified atom stereocenters. The maximum Gasteiger partial charge on any atom is 0.250 e. The minimum atomic E-state index is -0.350. The predicted molar refractivity (Wildman–Crippen MR) is 119 cm³/mol. The van der Waals surface area contributed by atoms with Gasteiger partial charge in [0.1, 0.15) is 0 Å². The molecule has 0 saturated heterocycles. The van der Waals surface area contributed by atoms with Gasteiger partial charge in [-0.25, -0.2) is 0 Å². The van der Waals surface area contributed by atoms with Crippen LogP contribution in [0.15, 0.2) is 54.6 Å². The number of rotatable bonds is 7. The number of hydrogen-bond donors (Lipinski definition) is 3. The van der Waals surface area contributed by atoms with Crippen LogP contribution in [0, 0.1) is 0 Å². The van der Waals surface area contributed by atoms with Crippen LogP contribution in [0.4, 0.5) is 11.4 Å². The number of hydrogen-bond acceptors (Lipinski definition) is 3. The van der Waals surface area contributed by atoms with Crippen LogP contribution in [-0.4, -0.2) is 16.9 Å². The first-order valence-electron chi connectivity index (χ1n) is 8.92. The number of anilines is 2. The van der Waals surface area contributed by atoms with E-state index in [1.165, 1.54) is 6.08 Å². The molecule has 0 heterocycles. The molecular weight excluding hydrogens is 394 g/mol. The summed E-state index contributed by atoms with van der Waals surface area (Å²) in [7, 11) is 0. The molecule has 3 N–H and O–H groups in total. The second-order valence-corrected chi connectivity index (χ2v) is 6.91. The van der Waals surface area contributed by atoms with Crippen molar-refractivity contribution < 1.29 is 9.59 Å². The van der Waals surface area contributed by atoms with E-state index in [2.05, 4.69) is 16.0 Å². The van der Waals surface area contributed by atoms with Gasteiger partial charge in [-0.15, -0.1) is 0 Å². The van der Waals surface area contributed by atoms with Crippen LogP contribution < -0.4 is 16.0 Å². The fraction of sp³-hybridized carbons (Fsp3) is 0.190. The maximum atomic E-state index is 12.0. The first kappa shape index (κ1) is 21.6. The van der Waals surface area contributed by atoms with Crippen molar-refractivity contribution >= 4 is 58.2 Å². The van der Waals surface area contributed by atoms with E-state index >= 15 is 0 Å². The molecule has 0 aliphatic carbocycles. The molecule has 5 nitrogen and oxygen atoms in total. The highest BCUT2D eigenvalue weighted by Crippen LogP contribution is 2.16. The van der Waals surface area contributed by atoms with Crippen molar-refractivity contribution in [1.82, 2.24) is 5.32 Å². The van der Waals surface area contributed by atoms with Crippen molar-refractivity contribution in [3.8, 4) is 0 Å². The van der Waals surface area contributed by atoms with Crippen molar-refractivity contribution in [1.29, 1.82) is 0 Å². The molecule has 28 heavy (non-hydrogen) atoms. The van der Waals surface area contributed by atoms with Gasteiger partial charge in [-0.3, -0.25) is 14.9 Å². The Bertz CT molecular complexity index is 866. The summed E-state index contributed by atoms with van der Waals surface area (Å²) in [5.41, 5.74) is 2.19. The van der Waals surface area contributed by atoms with E-state index in [1.54, 1.807) is 42.5 Å². The van der Waals surface area contributed by atoms with E-state index < -0.39 is 0 Å². The Balaban J connectivity index is 1.86. The van der Waals surface area contributed by atoms with Crippen molar-refractivity contribution in [2.45, 2.75) is 26.2 Å². The van der Waals surface area contributed by atoms with E-state index in [1.807, 2.05) is 19.1 Å². The zero-order chi connectivity index (χ0) is 20.4. The Morgan fingerprint density at radius 2 is 1.75 bits per heavy atom. The standard InChI is InChI=1S/C21H22ClN3O2S/c1-2-3-7-19(26)23-17-5-4-6-18(14-17)24-21(28)25-20(27)13-10-15-8-11-16(22)12-9-15/h4-6,8-14H,2-3,7H2,1H3,(H,23,26)(H2,24,25,27,28)/b13-10+. The van der Waals surface area contributed by atoms with E-state index in [-0.39, 0.29) is 16.9 Å². The number of thiocarbonyl (C=S) groups is 1. The quantitative estimate of drug-likeness (QED) is 0.440. The lowest BCUT2D eigenvalue weighted by molar-refractivity contribution is -0.116. The molecule has 0 fully saturated rings. The summed E-state index contributed by atoms with van der Waals surface area (Å²) in [6.45, 7) is 2.04. The molecule has 0 atom stereocenters. The number of carbonyl (C=O) groups is 2. The van der Waals surface area contributed by atoms with Gasteiger partial charge in [0.25, 0.3) is 0 Å². The fourth-order valence-electron chi connectivity index (χ4n) is 2.30. The highest BCUT2D eigenvalue weighted by molar-refractivity contribution is 7.80. The minimum absolute atomic E-state index is 0.0257. The van der Waals surface area contributed by atoms with Gasteiger partial charge in [-0.1, -0.05) is 43.1 Å². The molecule has 2 amide bonds. The lowest BCUT2D eigenvalue weighted by atomic mass is 10.2. The molecule has 0 aliphatic rings. The number of amides is 2. The van der Waals surface area contributed by atoms with E-state index in [0.717, 1.165) is 18.4 Å². The maximum absolute atomic E-state index is 12.0. The third-order valence-corrected chi connectivity index (χ3v) is 4.15. The zero-order valence-corrected chi connectivity index (χ0v) is 17.1. The van der Waals surface area contributed by atoms with Gasteiger partial charge >= 0.3 is 0 Å². The van der Waals surface area contributed by atoms with Crippen LogP contribution in [0.5, 0.6) is 0 Å². The molecule has 2 aromatic carbocycles. The van der Waals surface area contributed by atoms with Crippen LogP contribution in [0.2, 0.25) is 5.02 Å². The molecule has 2 rings (SSSR count). The summed E-state index contributed by atoms with van der Waals surface area (Å²) in [4.78, 5) is 23.8. The molecule has 0 aliphatic heterocycles. The molecule has 0 bridgehead atoms. The second kappa shape index (κ2) is 11.2. The highest BCUT2D eigenvalue weighted by Gasteiger charge is 2.05. The lowest BCUT2D eigenvalue weighted by Crippen LogP contribution is -2.32. The van der Waals surface area contributed by atoms with Gasteiger partial charge in [0.15, 0.2) is 5.11 Å². The van der Waals surface area contributed by atoms with Crippen LogP contribution in [-0.2, 0) is 9.59 Å². The van der Waals surface area contributed by atoms with Crippen LogP contribution >= 0.6 is 23.8 Å². The molecule has 0 spiro atoms. The second-order valence-electron chi connectivity index (χ2n) is 6.06. The number of carbonyl (C=O) groups excluding carboxylic acids is 2. The Hall–Kier alpha value is -2.70. The molecule has 0 radical (unpaired) electrons. The first-order valence-corrected chi connectivity index (χ1v) is 9.70. The smallest absolute Gasteiger partial charge is 0.250 e. The fourth-order valence-corrected chi connectivity index (χ4v) is 2.64. The number of halogens is 1. The van der Waals surface area contributed by atoms with Gasteiger partial charge in [0.05, 0.1) is 0 Å². The minimum Gasteiger partial charge on any atom is -0.332 e. The predicted octanol–water partition coefficient (Wildman–Crippen LogP) is 5.00. The largest absolute Gasteiger partial charge is 0.332 e. The number of nitrogens with one attached hydrogen (secondary N) is 3. The normalized spacial score (nSPS) is 10.5. The third-order valence-electron chi connectivity index (χ3n) is 3.70. The van der Waals surface area contributed by atoms with Crippen molar-refractivity contribution in [3.05, 3.63) is 65.2 Å². The summed E-state index contributed by atoms with van der Waals surface area (Å²) in [5.74, 6) is -0.376. The summed E-state index contributed by atoms with van der Waals surface area (Å²) < 4.78 is 0. The Labute approximate surface area is 175 Å². The topological polar surface area (TPSA) is 70.2 Å². The van der Waals surface area contributed by atoms with Gasteiger partial charge in [0, 0.05) is 28.9 Å². The van der Waals surface area contributed by atoms with Gasteiger partial charge in [0.2, 0.25) is 11.8 Å². The van der Waals surface area contributed by atoms with Crippen molar-refractivity contribution in [3.63, 3.8) is 0 Å². The third kappa shape index (κ3) is 7.90. The Kier molecular flexibility index (Phi) is 8.65. The van der Waals surface area contributed by atoms with E-state index in [0.29, 0.717) is 22.8 Å². The molecule has 2 aromatic rings. The van der Waals surface area contributed by atoms with Crippen LogP contribution in [0.25, 0.3) is 6.08 Å². The molecule has 146 valence electrons. The number of benzene rings is 2. The molecular formula is C21H22ClN3O2S. The molecule has 7 heteroatoms. The monoisotopic (exact) mass is 415 g/mol. The zero-order valence-electron chi connectivity index (χ0n) is 15.5. The SMILES string of the molecule is CCCCC(=O)Nc1cccc(NC(=S)NC(=O)/C=C/c2ccc(Cl)cc2)c1. The van der Waals surface area contributed by atoms with Gasteiger partial charge in [-0.05, 0) is 60.6 Å². The Morgan fingerprint density at radius 3 is 2.43 bits per heavy atom. The number of unbranched alkanes of at least 4 members (excludes halogenated alkanes) is 1. The van der Waals surface area contributed by atoms with Crippen molar-refractivity contribution in [2.24, 2.45) is 0 Å². The summed E-state index contributed by atoms with van der Waals surface area (Å²) in [6, 6.07) is 14.3. The van der Waals surface area contributed by atoms with E-state index in [4.69, 9.17) is 23.8 Å². The average Bonchev–Trinajstić information content (AvgIpc) is 2.66. The van der Waals surface area contributed by atoms with E-state index in [9.17, 15) is 9.59 Å². The molecule has 0 aromatic heterocycles. The lowest BCUT2D eigenvalue weighted by Gasteiger charge is -2.10. The van der Waals surface area contributed by atoms with Gasteiger partial charge in [-0.2, -0.15) is 0 Å². The van der Waals surface area contributed by atoms with Crippen molar-refractivity contribution in [2.75, 3.05) is 10.6 Å². The molecule has 0 saturated carbocycles.